The first-order chi connectivity index (χ1) is 25.3. The Morgan fingerprint density at radius 1 is 0.333 bits per heavy atom. The fourth-order valence-corrected chi connectivity index (χ4v) is 11.6. The van der Waals surface area contributed by atoms with Crippen LogP contribution in [0.2, 0.25) is 0 Å². The van der Waals surface area contributed by atoms with Crippen LogP contribution < -0.4 is 0 Å². The van der Waals surface area contributed by atoms with Gasteiger partial charge in [-0.15, -0.1) is 11.3 Å². The van der Waals surface area contributed by atoms with Gasteiger partial charge in [0, 0.05) is 20.2 Å². The van der Waals surface area contributed by atoms with E-state index in [-0.39, 0.29) is 0 Å². The first kappa shape index (κ1) is 27.8. The molecule has 0 nitrogen and oxygen atoms in total. The fraction of sp³-hybridized carbons (Fsp3) is 0.0400. The molecule has 8 aromatic carbocycles. The molecule has 2 atom stereocenters. The van der Waals surface area contributed by atoms with E-state index in [0.29, 0.717) is 0 Å². The molecule has 0 radical (unpaired) electrons. The quantitative estimate of drug-likeness (QED) is 0.173. The van der Waals surface area contributed by atoms with Crippen molar-refractivity contribution < 1.29 is 0 Å². The Kier molecular flexibility index (Phi) is 5.34. The van der Waals surface area contributed by atoms with Crippen LogP contribution >= 0.6 is 11.3 Å². The highest BCUT2D eigenvalue weighted by molar-refractivity contribution is 7.26. The molecule has 0 saturated heterocycles. The van der Waals surface area contributed by atoms with E-state index < -0.39 is 10.8 Å². The third-order valence-corrected chi connectivity index (χ3v) is 13.4. The van der Waals surface area contributed by atoms with E-state index in [1.165, 1.54) is 98.1 Å². The molecule has 0 fully saturated rings. The minimum Gasteiger partial charge on any atom is -0.135 e. The molecule has 1 heteroatoms. The van der Waals surface area contributed by atoms with Crippen LogP contribution in [0.3, 0.4) is 0 Å². The van der Waals surface area contributed by atoms with Gasteiger partial charge in [0.1, 0.15) is 0 Å². The van der Waals surface area contributed by atoms with Gasteiger partial charge in [0.2, 0.25) is 0 Å². The summed E-state index contributed by atoms with van der Waals surface area (Å²) < 4.78 is 2.69. The van der Waals surface area contributed by atoms with Gasteiger partial charge in [-0.25, -0.2) is 0 Å². The maximum Gasteiger partial charge on any atom is 0.0720 e. The molecule has 1 heterocycles. The van der Waals surface area contributed by atoms with Crippen molar-refractivity contribution >= 4 is 31.5 Å². The first-order valence-electron chi connectivity index (χ1n) is 17.9. The van der Waals surface area contributed by atoms with E-state index >= 15 is 0 Å². The second-order valence-corrected chi connectivity index (χ2v) is 15.3. The van der Waals surface area contributed by atoms with Crippen LogP contribution in [0.1, 0.15) is 44.5 Å². The van der Waals surface area contributed by atoms with E-state index in [1.54, 1.807) is 0 Å². The Bertz CT molecular complexity index is 2930. The molecule has 2 unspecified atom stereocenters. The Hall–Kier alpha value is -6.02. The van der Waals surface area contributed by atoms with Gasteiger partial charge in [0.15, 0.2) is 0 Å². The van der Waals surface area contributed by atoms with Crippen molar-refractivity contribution in [3.63, 3.8) is 0 Å². The molecule has 0 bridgehead atoms. The normalized spacial score (nSPS) is 18.7. The number of fused-ring (bicyclic) bond motifs is 15. The molecule has 12 rings (SSSR count). The lowest BCUT2D eigenvalue weighted by Crippen LogP contribution is -2.43. The third-order valence-electron chi connectivity index (χ3n) is 12.2. The van der Waals surface area contributed by atoms with Gasteiger partial charge in [-0.3, -0.25) is 0 Å². The van der Waals surface area contributed by atoms with Crippen molar-refractivity contribution in [3.05, 3.63) is 226 Å². The largest absolute Gasteiger partial charge is 0.135 e. The maximum absolute atomic E-state index is 2.49. The van der Waals surface area contributed by atoms with E-state index in [2.05, 4.69) is 182 Å². The van der Waals surface area contributed by atoms with E-state index in [4.69, 9.17) is 0 Å². The van der Waals surface area contributed by atoms with Crippen LogP contribution in [0.5, 0.6) is 0 Å². The zero-order valence-corrected chi connectivity index (χ0v) is 28.5. The third kappa shape index (κ3) is 3.23. The lowest BCUT2D eigenvalue weighted by molar-refractivity contribution is 0.636. The van der Waals surface area contributed by atoms with Gasteiger partial charge in [-0.2, -0.15) is 0 Å². The summed E-state index contributed by atoms with van der Waals surface area (Å²) in [6.07, 6.45) is 0. The Morgan fingerprint density at radius 2 is 0.882 bits per heavy atom. The average Bonchev–Trinajstić information content (AvgIpc) is 3.83. The molecule has 0 amide bonds. The first-order valence-corrected chi connectivity index (χ1v) is 18.7. The monoisotopic (exact) mass is 662 g/mol. The van der Waals surface area contributed by atoms with Crippen molar-refractivity contribution in [3.8, 4) is 33.4 Å². The molecule has 0 aliphatic heterocycles. The summed E-state index contributed by atoms with van der Waals surface area (Å²) >= 11 is 1.91. The molecular weight excluding hydrogens is 633 g/mol. The van der Waals surface area contributed by atoms with E-state index in [1.807, 2.05) is 11.3 Å². The summed E-state index contributed by atoms with van der Waals surface area (Å²) in [5.41, 5.74) is 18.0. The smallest absolute Gasteiger partial charge is 0.0720 e. The molecular formula is C50H30S. The predicted molar refractivity (Wildman–Crippen MR) is 213 cm³/mol. The van der Waals surface area contributed by atoms with Crippen LogP contribution in [0, 0.1) is 0 Å². The van der Waals surface area contributed by atoms with Gasteiger partial charge in [-0.1, -0.05) is 170 Å². The highest BCUT2D eigenvalue weighted by atomic mass is 32.1. The Labute approximate surface area is 300 Å². The van der Waals surface area contributed by atoms with Crippen molar-refractivity contribution in [1.29, 1.82) is 0 Å². The number of rotatable bonds is 2. The molecule has 3 aliphatic carbocycles. The highest BCUT2D eigenvalue weighted by Crippen LogP contribution is 2.68. The molecule has 51 heavy (non-hydrogen) atoms. The van der Waals surface area contributed by atoms with Gasteiger partial charge in [-0.05, 0) is 90.0 Å². The van der Waals surface area contributed by atoms with E-state index in [0.717, 1.165) is 0 Å². The molecule has 0 saturated carbocycles. The number of thiophene rings is 1. The van der Waals surface area contributed by atoms with Crippen molar-refractivity contribution in [2.24, 2.45) is 0 Å². The van der Waals surface area contributed by atoms with E-state index in [9.17, 15) is 0 Å². The number of hydrogen-bond acceptors (Lipinski definition) is 1. The van der Waals surface area contributed by atoms with Gasteiger partial charge in [0.25, 0.3) is 0 Å². The lowest BCUT2D eigenvalue weighted by atomic mass is 9.52. The second kappa shape index (κ2) is 9.82. The summed E-state index contributed by atoms with van der Waals surface area (Å²) in [4.78, 5) is 0. The standard InChI is InChI=1S/C50H30S/c1-2-14-32(15-3-1)49-40-22-7-4-16-34(40)37-20-13-26-45(47(37)49)50(44-25-10-9-24-43(44)49)41-23-8-5-17-35(41)39-30-31(28-29-42(39)50)33-19-12-21-38-36-18-6-11-27-46(36)51-48(33)38/h1-30H. The zero-order chi connectivity index (χ0) is 33.3. The minimum atomic E-state index is -0.462. The number of benzene rings is 8. The summed E-state index contributed by atoms with van der Waals surface area (Å²) in [5, 5.41) is 2.67. The second-order valence-electron chi connectivity index (χ2n) is 14.3. The maximum atomic E-state index is 2.49. The Balaban J connectivity index is 1.20. The molecule has 1 spiro atoms. The van der Waals surface area contributed by atoms with Gasteiger partial charge >= 0.3 is 0 Å². The van der Waals surface area contributed by atoms with Crippen molar-refractivity contribution in [2.45, 2.75) is 10.8 Å². The topological polar surface area (TPSA) is 0 Å². The molecule has 1 aromatic heterocycles. The van der Waals surface area contributed by atoms with Crippen molar-refractivity contribution in [1.82, 2.24) is 0 Å². The molecule has 3 aliphatic rings. The summed E-state index contributed by atoms with van der Waals surface area (Å²) in [6.45, 7) is 0. The van der Waals surface area contributed by atoms with Gasteiger partial charge < -0.3 is 0 Å². The van der Waals surface area contributed by atoms with Crippen LogP contribution in [-0.4, -0.2) is 0 Å². The predicted octanol–water partition coefficient (Wildman–Crippen LogP) is 12.8. The minimum absolute atomic E-state index is 0.417. The molecule has 236 valence electrons. The van der Waals surface area contributed by atoms with Gasteiger partial charge in [0.05, 0.1) is 10.8 Å². The average molecular weight is 663 g/mol. The Morgan fingerprint density at radius 3 is 1.71 bits per heavy atom. The van der Waals surface area contributed by atoms with Crippen LogP contribution in [0.15, 0.2) is 182 Å². The summed E-state index contributed by atoms with van der Waals surface area (Å²) in [7, 11) is 0. The SMILES string of the molecule is c1ccc(C23c4ccccc4-c4cccc(c42)C2(c4ccccc4-c4cc(-c5cccc6c5sc5ccccc56)ccc42)c2ccccc23)cc1. The summed E-state index contributed by atoms with van der Waals surface area (Å²) in [5.74, 6) is 0. The lowest BCUT2D eigenvalue weighted by Gasteiger charge is -2.48. The van der Waals surface area contributed by atoms with Crippen molar-refractivity contribution in [2.75, 3.05) is 0 Å². The fourth-order valence-electron chi connectivity index (χ4n) is 10.4. The molecule has 0 N–H and O–H groups in total. The molecule has 9 aromatic rings. The van der Waals surface area contributed by atoms with Crippen LogP contribution in [0.25, 0.3) is 53.6 Å². The van der Waals surface area contributed by atoms with Crippen LogP contribution in [0.4, 0.5) is 0 Å². The number of hydrogen-bond donors (Lipinski definition) is 0. The van der Waals surface area contributed by atoms with Crippen LogP contribution in [-0.2, 0) is 10.8 Å². The highest BCUT2D eigenvalue weighted by Gasteiger charge is 2.59. The zero-order valence-electron chi connectivity index (χ0n) is 27.7. The summed E-state index contributed by atoms with van der Waals surface area (Å²) in [6, 6.07) is 69.0.